The van der Waals surface area contributed by atoms with Gasteiger partial charge in [0, 0.05) is 52.1 Å². The Morgan fingerprint density at radius 1 is 1.00 bits per heavy atom. The molecule has 0 amide bonds. The Balaban J connectivity index is 0. The monoisotopic (exact) mass is 303 g/mol. The van der Waals surface area contributed by atoms with E-state index in [-0.39, 0.29) is 27.3 Å². The molecule has 0 aliphatic carbocycles. The summed E-state index contributed by atoms with van der Waals surface area (Å²) in [7, 11) is 0. The summed E-state index contributed by atoms with van der Waals surface area (Å²) in [5.74, 6) is -5.98. The summed E-state index contributed by atoms with van der Waals surface area (Å²) in [5, 5.41) is 38.9. The average Bonchev–Trinajstić information content (AvgIpc) is 1.82. The van der Waals surface area contributed by atoms with Crippen LogP contribution < -0.4 is 15.3 Å². The van der Waals surface area contributed by atoms with Gasteiger partial charge in [0.25, 0.3) is 0 Å². The van der Waals surface area contributed by atoms with Gasteiger partial charge >= 0.3 is 0 Å². The Morgan fingerprint density at radius 2 is 1.29 bits per heavy atom. The number of hydrogen-bond acceptors (Lipinski definition) is 7. The molecule has 0 spiro atoms. The standard InChI is InChI=1S/C6H8O7.Cd/c7-3(8)1-6(13,5(11)12)2-4(9)10;/h13H,1-2H2,(H,7,8)(H,9,10)(H,11,12);/p-3. The Bertz CT molecular complexity index is 233. The van der Waals surface area contributed by atoms with E-state index in [1.165, 1.54) is 0 Å². The molecule has 0 bridgehead atoms. The van der Waals surface area contributed by atoms with Crippen LogP contribution in [0.25, 0.3) is 0 Å². The SMILES string of the molecule is O=C([O-])CC(O)(CC(=O)[O-])C(=O)[O-].[Cd]. The Kier molecular flexibility index (Phi) is 6.64. The molecule has 14 heavy (non-hydrogen) atoms. The molecule has 0 radical (unpaired) electrons. The van der Waals surface area contributed by atoms with E-state index in [0.717, 1.165) is 0 Å². The van der Waals surface area contributed by atoms with Gasteiger partial charge in [-0.1, -0.05) is 0 Å². The number of carboxylic acids is 3. The van der Waals surface area contributed by atoms with Crippen molar-refractivity contribution >= 4 is 17.9 Å². The zero-order chi connectivity index (χ0) is 10.6. The molecule has 0 aromatic heterocycles. The first-order chi connectivity index (χ1) is 5.78. The van der Waals surface area contributed by atoms with Gasteiger partial charge in [-0.15, -0.1) is 0 Å². The van der Waals surface area contributed by atoms with Crippen LogP contribution >= 0.6 is 0 Å². The minimum atomic E-state index is -2.97. The van der Waals surface area contributed by atoms with E-state index in [4.69, 9.17) is 5.11 Å². The van der Waals surface area contributed by atoms with Gasteiger partial charge in [-0.3, -0.25) is 0 Å². The van der Waals surface area contributed by atoms with Crippen molar-refractivity contribution < 1.29 is 62.1 Å². The van der Waals surface area contributed by atoms with E-state index in [1.54, 1.807) is 0 Å². The van der Waals surface area contributed by atoms with Crippen molar-refractivity contribution in [2.24, 2.45) is 0 Å². The first-order valence-electron chi connectivity index (χ1n) is 3.11. The zero-order valence-electron chi connectivity index (χ0n) is 7.02. The van der Waals surface area contributed by atoms with Crippen molar-refractivity contribution in [3.63, 3.8) is 0 Å². The number of rotatable bonds is 5. The number of aliphatic hydroxyl groups is 1. The predicted molar refractivity (Wildman–Crippen MR) is 29.2 cm³/mol. The molecule has 7 nitrogen and oxygen atoms in total. The van der Waals surface area contributed by atoms with Crippen LogP contribution in [0.3, 0.4) is 0 Å². The molecular weight excluding hydrogens is 296 g/mol. The van der Waals surface area contributed by atoms with E-state index in [1.807, 2.05) is 0 Å². The third-order valence-corrected chi connectivity index (χ3v) is 1.25. The molecule has 0 aromatic rings. The Morgan fingerprint density at radius 3 is 1.43 bits per heavy atom. The molecule has 0 saturated heterocycles. The van der Waals surface area contributed by atoms with Gasteiger partial charge in [-0.05, 0) is 0 Å². The molecule has 76 valence electrons. The Labute approximate surface area is 98.5 Å². The van der Waals surface area contributed by atoms with Gasteiger partial charge in [-0.2, -0.15) is 0 Å². The number of carbonyl (C=O) groups is 3. The summed E-state index contributed by atoms with van der Waals surface area (Å²) in [6.45, 7) is 0. The summed E-state index contributed by atoms with van der Waals surface area (Å²) >= 11 is 0. The molecule has 0 aliphatic rings. The second-order valence-corrected chi connectivity index (χ2v) is 2.42. The molecule has 0 fully saturated rings. The molecule has 0 rings (SSSR count). The van der Waals surface area contributed by atoms with Crippen LogP contribution in [0.2, 0.25) is 0 Å². The van der Waals surface area contributed by atoms with Crippen molar-refractivity contribution in [3.8, 4) is 0 Å². The molecular formula is C6H5CdO7-3. The van der Waals surface area contributed by atoms with Crippen molar-refractivity contribution in [2.45, 2.75) is 18.4 Å². The van der Waals surface area contributed by atoms with E-state index < -0.39 is 36.4 Å². The number of carboxylic acid groups (broad SMARTS) is 3. The van der Waals surface area contributed by atoms with Gasteiger partial charge in [0.05, 0.1) is 5.97 Å². The molecule has 0 aromatic carbocycles. The molecule has 0 atom stereocenters. The molecule has 0 unspecified atom stereocenters. The number of aliphatic carboxylic acids is 3. The first-order valence-corrected chi connectivity index (χ1v) is 3.11. The number of carbonyl (C=O) groups excluding carboxylic acids is 3. The van der Waals surface area contributed by atoms with Crippen LogP contribution in [0.5, 0.6) is 0 Å². The van der Waals surface area contributed by atoms with E-state index in [9.17, 15) is 29.7 Å². The summed E-state index contributed by atoms with van der Waals surface area (Å²) in [5.41, 5.74) is -2.97. The largest absolute Gasteiger partial charge is 0.550 e. The first kappa shape index (κ1) is 15.8. The average molecular weight is 302 g/mol. The van der Waals surface area contributed by atoms with E-state index in [0.29, 0.717) is 0 Å². The van der Waals surface area contributed by atoms with Gasteiger partial charge in [0.2, 0.25) is 0 Å². The quantitative estimate of drug-likeness (QED) is 0.500. The second kappa shape index (κ2) is 5.91. The van der Waals surface area contributed by atoms with Crippen LogP contribution in [0.1, 0.15) is 12.8 Å². The maximum absolute atomic E-state index is 10.1. The minimum absolute atomic E-state index is 0. The summed E-state index contributed by atoms with van der Waals surface area (Å²) in [6.07, 6.45) is -2.72. The van der Waals surface area contributed by atoms with Gasteiger partial charge in [0.1, 0.15) is 5.60 Å². The molecule has 0 heterocycles. The van der Waals surface area contributed by atoms with Crippen LogP contribution in [-0.4, -0.2) is 28.6 Å². The minimum Gasteiger partial charge on any atom is -0.550 e. The third-order valence-electron chi connectivity index (χ3n) is 1.25. The number of hydrogen-bond donors (Lipinski definition) is 1. The summed E-state index contributed by atoms with van der Waals surface area (Å²) in [4.78, 5) is 30.0. The van der Waals surface area contributed by atoms with Crippen LogP contribution in [0.4, 0.5) is 0 Å². The third kappa shape index (κ3) is 5.12. The summed E-state index contributed by atoms with van der Waals surface area (Å²) < 4.78 is 0. The molecule has 1 N–H and O–H groups in total. The normalized spacial score (nSPS) is 10.1. The maximum atomic E-state index is 10.1. The van der Waals surface area contributed by atoms with Crippen molar-refractivity contribution in [1.82, 2.24) is 0 Å². The smallest absolute Gasteiger partial charge is 0.114 e. The molecule has 0 saturated carbocycles. The van der Waals surface area contributed by atoms with Gasteiger partial charge in [-0.25, -0.2) is 0 Å². The van der Waals surface area contributed by atoms with Gasteiger partial charge < -0.3 is 34.8 Å². The van der Waals surface area contributed by atoms with Crippen LogP contribution in [0, 0.1) is 0 Å². The van der Waals surface area contributed by atoms with E-state index in [2.05, 4.69) is 0 Å². The fourth-order valence-corrected chi connectivity index (χ4v) is 0.684. The molecule has 8 heteroatoms. The van der Waals surface area contributed by atoms with Crippen molar-refractivity contribution in [1.29, 1.82) is 0 Å². The predicted octanol–water partition coefficient (Wildman–Crippen LogP) is -5.26. The maximum Gasteiger partial charge on any atom is 0.114 e. The van der Waals surface area contributed by atoms with Crippen LogP contribution in [-0.2, 0) is 41.7 Å². The fraction of sp³-hybridized carbons (Fsp3) is 0.500. The van der Waals surface area contributed by atoms with Gasteiger partial charge in [0.15, 0.2) is 0 Å². The Hall–Kier alpha value is -0.708. The molecule has 0 aliphatic heterocycles. The van der Waals surface area contributed by atoms with Crippen LogP contribution in [0.15, 0.2) is 0 Å². The summed E-state index contributed by atoms with van der Waals surface area (Å²) in [6, 6.07) is 0. The van der Waals surface area contributed by atoms with Crippen molar-refractivity contribution in [2.75, 3.05) is 0 Å². The topological polar surface area (TPSA) is 141 Å². The second-order valence-electron chi connectivity index (χ2n) is 2.42. The van der Waals surface area contributed by atoms with Crippen molar-refractivity contribution in [3.05, 3.63) is 0 Å². The van der Waals surface area contributed by atoms with E-state index >= 15 is 0 Å². The zero-order valence-corrected chi connectivity index (χ0v) is 11.1. The fourth-order valence-electron chi connectivity index (χ4n) is 0.684.